The number of piperidine rings is 1. The average molecular weight is 275 g/mol. The van der Waals surface area contributed by atoms with Gasteiger partial charge in [-0.1, -0.05) is 35.5 Å². The Labute approximate surface area is 121 Å². The van der Waals surface area contributed by atoms with Crippen LogP contribution in [0.2, 0.25) is 0 Å². The number of nitrogens with zero attached hydrogens (tertiary/aromatic N) is 2. The Kier molecular flexibility index (Phi) is 5.87. The fourth-order valence-electron chi connectivity index (χ4n) is 2.90. The predicted octanol–water partition coefficient (Wildman–Crippen LogP) is 2.47. The van der Waals surface area contributed by atoms with Gasteiger partial charge in [-0.2, -0.15) is 0 Å². The molecule has 0 aliphatic carbocycles. The zero-order chi connectivity index (χ0) is 14.2. The molecule has 0 unspecified atom stereocenters. The van der Waals surface area contributed by atoms with Crippen molar-refractivity contribution < 1.29 is 5.21 Å². The van der Waals surface area contributed by atoms with Crippen molar-refractivity contribution in [1.82, 2.24) is 4.90 Å². The molecule has 1 fully saturated rings. The van der Waals surface area contributed by atoms with Gasteiger partial charge in [-0.3, -0.25) is 0 Å². The zero-order valence-electron chi connectivity index (χ0n) is 12.0. The van der Waals surface area contributed by atoms with Crippen LogP contribution in [-0.2, 0) is 6.42 Å². The highest BCUT2D eigenvalue weighted by Crippen LogP contribution is 2.21. The van der Waals surface area contributed by atoms with Crippen molar-refractivity contribution in [2.24, 2.45) is 16.8 Å². The Morgan fingerprint density at radius 2 is 1.95 bits per heavy atom. The largest absolute Gasteiger partial charge is 0.409 e. The standard InChI is InChI=1S/C16H25N3O/c17-16(18-20)7-4-10-19-11-8-15(9-12-19)13-14-5-2-1-3-6-14/h1-3,5-6,15,20H,4,7-13H2,(H2,17,18). The molecule has 0 aromatic heterocycles. The average Bonchev–Trinajstić information content (AvgIpc) is 2.50. The fraction of sp³-hybridized carbons (Fsp3) is 0.562. The van der Waals surface area contributed by atoms with Crippen LogP contribution in [0.15, 0.2) is 35.5 Å². The Morgan fingerprint density at radius 1 is 1.25 bits per heavy atom. The first-order valence-electron chi connectivity index (χ1n) is 7.50. The molecule has 20 heavy (non-hydrogen) atoms. The second-order valence-electron chi connectivity index (χ2n) is 5.67. The Bertz CT molecular complexity index is 411. The molecular formula is C16H25N3O. The van der Waals surface area contributed by atoms with Gasteiger partial charge >= 0.3 is 0 Å². The molecule has 0 atom stereocenters. The van der Waals surface area contributed by atoms with E-state index in [1.807, 2.05) is 0 Å². The first-order chi connectivity index (χ1) is 9.78. The van der Waals surface area contributed by atoms with E-state index in [0.717, 1.165) is 18.9 Å². The topological polar surface area (TPSA) is 61.8 Å². The Balaban J connectivity index is 1.65. The third kappa shape index (κ3) is 4.85. The lowest BCUT2D eigenvalue weighted by Gasteiger charge is -2.32. The quantitative estimate of drug-likeness (QED) is 0.363. The molecule has 4 nitrogen and oxygen atoms in total. The smallest absolute Gasteiger partial charge is 0.139 e. The minimum atomic E-state index is 0.337. The molecule has 0 bridgehead atoms. The van der Waals surface area contributed by atoms with Gasteiger partial charge in [0.25, 0.3) is 0 Å². The number of nitrogens with two attached hydrogens (primary N) is 1. The van der Waals surface area contributed by atoms with Crippen LogP contribution in [0.4, 0.5) is 0 Å². The summed E-state index contributed by atoms with van der Waals surface area (Å²) in [7, 11) is 0. The van der Waals surface area contributed by atoms with E-state index in [0.29, 0.717) is 12.3 Å². The van der Waals surface area contributed by atoms with E-state index in [4.69, 9.17) is 10.9 Å². The lowest BCUT2D eigenvalue weighted by atomic mass is 9.90. The SMILES string of the molecule is N/C(CCCN1CCC(Cc2ccccc2)CC1)=N\O. The summed E-state index contributed by atoms with van der Waals surface area (Å²) in [6.07, 6.45) is 5.41. The number of amidine groups is 1. The van der Waals surface area contributed by atoms with Gasteiger partial charge in [-0.25, -0.2) is 0 Å². The summed E-state index contributed by atoms with van der Waals surface area (Å²) >= 11 is 0. The Morgan fingerprint density at radius 3 is 2.60 bits per heavy atom. The summed E-state index contributed by atoms with van der Waals surface area (Å²) in [5, 5.41) is 11.5. The second kappa shape index (κ2) is 7.90. The van der Waals surface area contributed by atoms with Crippen LogP contribution in [0.5, 0.6) is 0 Å². The van der Waals surface area contributed by atoms with Crippen molar-refractivity contribution in [3.05, 3.63) is 35.9 Å². The van der Waals surface area contributed by atoms with Crippen LogP contribution in [0.1, 0.15) is 31.2 Å². The molecule has 4 heteroatoms. The summed E-state index contributed by atoms with van der Waals surface area (Å²) in [4.78, 5) is 2.49. The van der Waals surface area contributed by atoms with E-state index in [1.54, 1.807) is 0 Å². The van der Waals surface area contributed by atoms with Crippen molar-refractivity contribution in [3.63, 3.8) is 0 Å². The molecule has 1 saturated heterocycles. The third-order valence-electron chi connectivity index (χ3n) is 4.11. The number of hydrogen-bond acceptors (Lipinski definition) is 3. The molecule has 1 aliphatic rings. The molecule has 0 amide bonds. The van der Waals surface area contributed by atoms with Gasteiger partial charge in [0.15, 0.2) is 0 Å². The van der Waals surface area contributed by atoms with Gasteiger partial charge in [0.1, 0.15) is 5.84 Å². The number of rotatable bonds is 6. The molecule has 2 rings (SSSR count). The molecule has 1 aromatic carbocycles. The van der Waals surface area contributed by atoms with Gasteiger partial charge in [-0.15, -0.1) is 0 Å². The first-order valence-corrected chi connectivity index (χ1v) is 7.50. The highest BCUT2D eigenvalue weighted by molar-refractivity contribution is 5.79. The van der Waals surface area contributed by atoms with Crippen LogP contribution in [-0.4, -0.2) is 35.6 Å². The summed E-state index contributed by atoms with van der Waals surface area (Å²) in [5.41, 5.74) is 6.93. The molecular weight excluding hydrogens is 250 g/mol. The van der Waals surface area contributed by atoms with E-state index in [2.05, 4.69) is 40.4 Å². The molecule has 0 spiro atoms. The van der Waals surface area contributed by atoms with E-state index >= 15 is 0 Å². The summed E-state index contributed by atoms with van der Waals surface area (Å²) < 4.78 is 0. The molecule has 110 valence electrons. The van der Waals surface area contributed by atoms with Gasteiger partial charge < -0.3 is 15.8 Å². The zero-order valence-corrected chi connectivity index (χ0v) is 12.0. The van der Waals surface area contributed by atoms with Gasteiger partial charge in [-0.05, 0) is 56.8 Å². The number of oxime groups is 1. The number of hydrogen-bond donors (Lipinski definition) is 2. The highest BCUT2D eigenvalue weighted by atomic mass is 16.4. The van der Waals surface area contributed by atoms with E-state index in [-0.39, 0.29) is 0 Å². The summed E-state index contributed by atoms with van der Waals surface area (Å²) in [6.45, 7) is 3.40. The maximum atomic E-state index is 8.50. The molecule has 1 aliphatic heterocycles. The van der Waals surface area contributed by atoms with E-state index in [9.17, 15) is 0 Å². The van der Waals surface area contributed by atoms with Gasteiger partial charge in [0.05, 0.1) is 0 Å². The van der Waals surface area contributed by atoms with Crippen LogP contribution in [0, 0.1) is 5.92 Å². The highest BCUT2D eigenvalue weighted by Gasteiger charge is 2.18. The van der Waals surface area contributed by atoms with Crippen molar-refractivity contribution >= 4 is 5.84 Å². The molecule has 1 aromatic rings. The van der Waals surface area contributed by atoms with Crippen LogP contribution in [0.3, 0.4) is 0 Å². The fourth-order valence-corrected chi connectivity index (χ4v) is 2.90. The first kappa shape index (κ1) is 14.9. The van der Waals surface area contributed by atoms with Crippen LogP contribution in [0.25, 0.3) is 0 Å². The summed E-state index contributed by atoms with van der Waals surface area (Å²) in [6, 6.07) is 10.8. The third-order valence-corrected chi connectivity index (χ3v) is 4.11. The summed E-state index contributed by atoms with van der Waals surface area (Å²) in [5.74, 6) is 1.15. The van der Waals surface area contributed by atoms with Crippen molar-refractivity contribution in [2.45, 2.75) is 32.1 Å². The molecule has 3 N–H and O–H groups in total. The second-order valence-corrected chi connectivity index (χ2v) is 5.67. The molecule has 0 saturated carbocycles. The van der Waals surface area contributed by atoms with E-state index < -0.39 is 0 Å². The minimum absolute atomic E-state index is 0.337. The van der Waals surface area contributed by atoms with Crippen molar-refractivity contribution in [3.8, 4) is 0 Å². The van der Waals surface area contributed by atoms with Crippen molar-refractivity contribution in [2.75, 3.05) is 19.6 Å². The normalized spacial score (nSPS) is 18.3. The maximum Gasteiger partial charge on any atom is 0.139 e. The Hall–Kier alpha value is -1.55. The van der Waals surface area contributed by atoms with E-state index in [1.165, 1.54) is 37.9 Å². The van der Waals surface area contributed by atoms with Crippen molar-refractivity contribution in [1.29, 1.82) is 0 Å². The maximum absolute atomic E-state index is 8.50. The minimum Gasteiger partial charge on any atom is -0.409 e. The molecule has 1 heterocycles. The van der Waals surface area contributed by atoms with Crippen LogP contribution < -0.4 is 5.73 Å². The number of benzene rings is 1. The number of likely N-dealkylation sites (tertiary alicyclic amines) is 1. The molecule has 0 radical (unpaired) electrons. The lowest BCUT2D eigenvalue weighted by molar-refractivity contribution is 0.183. The predicted molar refractivity (Wildman–Crippen MR) is 82.0 cm³/mol. The monoisotopic (exact) mass is 275 g/mol. The lowest BCUT2D eigenvalue weighted by Crippen LogP contribution is -2.35. The van der Waals surface area contributed by atoms with Gasteiger partial charge in [0.2, 0.25) is 0 Å². The van der Waals surface area contributed by atoms with Crippen LogP contribution >= 0.6 is 0 Å². The van der Waals surface area contributed by atoms with Gasteiger partial charge in [0, 0.05) is 6.42 Å².